The number of aryl methyl sites for hydroxylation is 3. The number of rotatable bonds is 33. The average molecular weight is 877 g/mol. The molecule has 0 amide bonds. The van der Waals surface area contributed by atoms with E-state index >= 15 is 0 Å². The number of carboxylic acid groups (broad SMARTS) is 3. The van der Waals surface area contributed by atoms with Gasteiger partial charge in [0.25, 0.3) is 17.5 Å². The fraction of sp³-hybridized carbons (Fsp3) is 0.647. The molecule has 0 saturated heterocycles. The van der Waals surface area contributed by atoms with Gasteiger partial charge in [-0.1, -0.05) is 187 Å². The summed E-state index contributed by atoms with van der Waals surface area (Å²) in [6, 6.07) is 2.37. The van der Waals surface area contributed by atoms with E-state index < -0.39 is 34.6 Å². The number of imidazole rings is 3. The number of aromatic nitrogens is 6. The van der Waals surface area contributed by atoms with Gasteiger partial charge in [-0.15, -0.1) is 0 Å². The largest absolute Gasteiger partial charge is 0.545 e. The van der Waals surface area contributed by atoms with Gasteiger partial charge >= 0.3 is 0 Å². The summed E-state index contributed by atoms with van der Waals surface area (Å²) < 4.78 is 0. The summed E-state index contributed by atoms with van der Waals surface area (Å²) in [5, 5.41) is 31.3. The maximum Gasteiger partial charge on any atom is 0.251 e. The molecule has 6 N–H and O–H groups in total. The Labute approximate surface area is 379 Å². The third-order valence-electron chi connectivity index (χ3n) is 11.1. The van der Waals surface area contributed by atoms with Crippen molar-refractivity contribution in [3.63, 3.8) is 0 Å². The Hall–Kier alpha value is -4.74. The van der Waals surface area contributed by atoms with E-state index in [0.717, 1.165) is 12.1 Å². The van der Waals surface area contributed by atoms with E-state index in [4.69, 9.17) is 0 Å². The number of hydrogen-bond acceptors (Lipinski definition) is 6. The standard InChI is InChI=1S/3C14H26N2.C9H6O6/c3*1-2-3-4-5-6-7-8-9-10-11-14-15-12-13-16-14;10-7(11)4-1-2-5(8(12)13)6(3-4)9(14)15/h3*12-13H,2-11H2,1H3,(H,15,16);1-3H,(H,10,11)(H,12,13)(H,14,15). The molecule has 12 nitrogen and oxygen atoms in total. The van der Waals surface area contributed by atoms with Crippen LogP contribution in [-0.2, 0) is 19.3 Å². The van der Waals surface area contributed by atoms with Crippen molar-refractivity contribution in [3.05, 3.63) is 89.5 Å². The van der Waals surface area contributed by atoms with Crippen LogP contribution in [0.3, 0.4) is 0 Å². The Bertz CT molecular complexity index is 1500. The summed E-state index contributed by atoms with van der Waals surface area (Å²) in [5.41, 5.74) is -1.84. The van der Waals surface area contributed by atoms with E-state index in [1.807, 2.05) is 37.2 Å². The van der Waals surface area contributed by atoms with Gasteiger partial charge in [0, 0.05) is 30.4 Å². The van der Waals surface area contributed by atoms with Crippen LogP contribution < -0.4 is 30.3 Å². The number of aromatic carboxylic acids is 3. The number of nitrogens with one attached hydrogen (secondary N) is 6. The molecule has 0 saturated carbocycles. The molecule has 12 heteroatoms. The predicted octanol–water partition coefficient (Wildman–Crippen LogP) is 8.48. The van der Waals surface area contributed by atoms with Crippen molar-refractivity contribution in [1.29, 1.82) is 0 Å². The quantitative estimate of drug-likeness (QED) is 0.0399. The number of H-pyrrole nitrogens is 6. The summed E-state index contributed by atoms with van der Waals surface area (Å²) in [6.45, 7) is 6.83. The van der Waals surface area contributed by atoms with Crippen molar-refractivity contribution in [2.45, 2.75) is 213 Å². The highest BCUT2D eigenvalue weighted by molar-refractivity contribution is 6.02. The predicted molar refractivity (Wildman–Crippen MR) is 244 cm³/mol. The van der Waals surface area contributed by atoms with Crippen LogP contribution >= 0.6 is 0 Å². The number of aromatic amines is 6. The van der Waals surface area contributed by atoms with Crippen LogP contribution in [0.1, 0.15) is 243 Å². The Kier molecular flexibility index (Phi) is 35.8. The van der Waals surface area contributed by atoms with Crippen LogP contribution in [0.5, 0.6) is 0 Å². The molecule has 1 aromatic carbocycles. The molecule has 0 radical (unpaired) electrons. The van der Waals surface area contributed by atoms with Crippen molar-refractivity contribution in [2.75, 3.05) is 0 Å². The molecule has 354 valence electrons. The Balaban J connectivity index is 0.000000420. The lowest BCUT2D eigenvalue weighted by molar-refractivity contribution is -0.388. The van der Waals surface area contributed by atoms with Crippen molar-refractivity contribution < 1.29 is 44.7 Å². The van der Waals surface area contributed by atoms with Crippen molar-refractivity contribution >= 4 is 17.9 Å². The fourth-order valence-corrected chi connectivity index (χ4v) is 7.27. The highest BCUT2D eigenvalue weighted by Gasteiger charge is 2.07. The number of carbonyl (C=O) groups is 3. The van der Waals surface area contributed by atoms with Crippen LogP contribution in [0.25, 0.3) is 0 Å². The highest BCUT2D eigenvalue weighted by Crippen LogP contribution is 2.13. The van der Waals surface area contributed by atoms with Crippen LogP contribution in [0, 0.1) is 0 Å². The van der Waals surface area contributed by atoms with Crippen molar-refractivity contribution in [2.24, 2.45) is 0 Å². The van der Waals surface area contributed by atoms with Crippen molar-refractivity contribution in [3.8, 4) is 0 Å². The van der Waals surface area contributed by atoms with E-state index in [0.29, 0.717) is 6.07 Å². The van der Waals surface area contributed by atoms with Crippen LogP contribution in [0.4, 0.5) is 0 Å². The minimum atomic E-state index is -1.79. The maximum atomic E-state index is 10.5. The molecule has 0 fully saturated rings. The molecule has 0 aliphatic heterocycles. The second-order valence-electron chi connectivity index (χ2n) is 16.7. The molecular formula is C51H84N6O6. The van der Waals surface area contributed by atoms with Gasteiger partial charge in [0.15, 0.2) is 0 Å². The number of unbranched alkanes of at least 4 members (excludes halogenated alkanes) is 24. The normalized spacial score (nSPS) is 10.5. The minimum absolute atomic E-state index is 0.445. The van der Waals surface area contributed by atoms with Gasteiger partial charge in [0.2, 0.25) is 0 Å². The number of hydrogen-bond donors (Lipinski definition) is 3. The summed E-state index contributed by atoms with van der Waals surface area (Å²) in [5.74, 6) is -1.33. The molecule has 0 spiro atoms. The fourth-order valence-electron chi connectivity index (χ4n) is 7.27. The molecule has 3 aromatic heterocycles. The van der Waals surface area contributed by atoms with E-state index in [1.54, 1.807) is 0 Å². The second-order valence-corrected chi connectivity index (χ2v) is 16.7. The van der Waals surface area contributed by atoms with E-state index in [-0.39, 0.29) is 0 Å². The zero-order valence-corrected chi connectivity index (χ0v) is 39.4. The lowest BCUT2D eigenvalue weighted by atomic mass is 10.0. The average Bonchev–Trinajstić information content (AvgIpc) is 4.11. The van der Waals surface area contributed by atoms with Gasteiger partial charge in [0.05, 0.1) is 17.9 Å². The number of carbonyl (C=O) groups excluding carboxylic acids is 3. The first-order chi connectivity index (χ1) is 30.7. The summed E-state index contributed by atoms with van der Waals surface area (Å²) in [4.78, 5) is 50.5. The van der Waals surface area contributed by atoms with Gasteiger partial charge in [0.1, 0.15) is 37.2 Å². The van der Waals surface area contributed by atoms with Gasteiger partial charge in [-0.3, -0.25) is 0 Å². The Morgan fingerprint density at radius 2 is 0.683 bits per heavy atom. The third kappa shape index (κ3) is 31.7. The van der Waals surface area contributed by atoms with Gasteiger partial charge in [-0.05, 0) is 30.9 Å². The summed E-state index contributed by atoms with van der Waals surface area (Å²) in [6.07, 6.45) is 53.1. The minimum Gasteiger partial charge on any atom is -0.545 e. The molecule has 0 bridgehead atoms. The van der Waals surface area contributed by atoms with Gasteiger partial charge in [-0.2, -0.15) is 0 Å². The molecule has 63 heavy (non-hydrogen) atoms. The molecule has 0 atom stereocenters. The molecule has 4 rings (SSSR count). The highest BCUT2D eigenvalue weighted by atomic mass is 16.4. The molecule has 4 aromatic rings. The first kappa shape index (κ1) is 56.3. The number of carboxylic acids is 3. The van der Waals surface area contributed by atoms with Crippen LogP contribution in [0.2, 0.25) is 0 Å². The molecule has 0 unspecified atom stereocenters. The maximum absolute atomic E-state index is 10.5. The third-order valence-corrected chi connectivity index (χ3v) is 11.1. The summed E-state index contributed by atoms with van der Waals surface area (Å²) >= 11 is 0. The van der Waals surface area contributed by atoms with Gasteiger partial charge in [-0.25, -0.2) is 29.9 Å². The van der Waals surface area contributed by atoms with E-state index in [9.17, 15) is 29.7 Å². The topological polar surface area (TPSA) is 210 Å². The zero-order valence-electron chi connectivity index (χ0n) is 39.4. The molecular weight excluding hydrogens is 793 g/mol. The van der Waals surface area contributed by atoms with Crippen LogP contribution in [0.15, 0.2) is 55.4 Å². The second kappa shape index (κ2) is 40.1. The first-order valence-electron chi connectivity index (χ1n) is 24.6. The zero-order chi connectivity index (χ0) is 46.0. The van der Waals surface area contributed by atoms with Gasteiger partial charge < -0.3 is 29.7 Å². The van der Waals surface area contributed by atoms with E-state index in [2.05, 4.69) is 50.7 Å². The summed E-state index contributed by atoms with van der Waals surface area (Å²) in [7, 11) is 0. The Morgan fingerprint density at radius 3 is 0.921 bits per heavy atom. The Morgan fingerprint density at radius 1 is 0.397 bits per heavy atom. The molecule has 0 aliphatic rings. The first-order valence-corrected chi connectivity index (χ1v) is 24.6. The molecule has 3 heterocycles. The van der Waals surface area contributed by atoms with E-state index in [1.165, 1.54) is 210 Å². The SMILES string of the molecule is CCCCCCCCCCCc1[nH]cc[nH+]1.CCCCCCCCCCCc1[nH]cc[nH+]1.CCCCCCCCCCCc1[nH]cc[nH+]1.O=C([O-])c1ccc(C(=O)[O-])c(C(=O)[O-])c1. The van der Waals surface area contributed by atoms with Crippen molar-refractivity contribution in [1.82, 2.24) is 15.0 Å². The molecule has 0 aliphatic carbocycles. The van der Waals surface area contributed by atoms with Crippen LogP contribution in [-0.4, -0.2) is 32.9 Å². The monoisotopic (exact) mass is 877 g/mol. The smallest absolute Gasteiger partial charge is 0.251 e. The lowest BCUT2D eigenvalue weighted by Gasteiger charge is -2.13. The number of benzene rings is 1. The lowest BCUT2D eigenvalue weighted by Crippen LogP contribution is -2.31.